The number of piperidine rings is 1. The molecule has 5 nitrogen and oxygen atoms in total. The Morgan fingerprint density at radius 1 is 1.15 bits per heavy atom. The van der Waals surface area contributed by atoms with Crippen molar-refractivity contribution < 1.29 is 14.0 Å². The van der Waals surface area contributed by atoms with Crippen molar-refractivity contribution in [3.8, 4) is 0 Å². The first-order chi connectivity index (χ1) is 13.0. The molecule has 2 heterocycles. The lowest BCUT2D eigenvalue weighted by atomic mass is 9.97. The Morgan fingerprint density at radius 3 is 2.59 bits per heavy atom. The van der Waals surface area contributed by atoms with Gasteiger partial charge in [-0.2, -0.15) is 0 Å². The van der Waals surface area contributed by atoms with E-state index in [1.807, 2.05) is 0 Å². The van der Waals surface area contributed by atoms with Gasteiger partial charge in [0.15, 0.2) is 0 Å². The summed E-state index contributed by atoms with van der Waals surface area (Å²) in [4.78, 5) is 31.2. The molecule has 1 N–H and O–H groups in total. The second-order valence-electron chi connectivity index (χ2n) is 6.73. The fourth-order valence-electron chi connectivity index (χ4n) is 3.52. The molecule has 0 aliphatic carbocycles. The summed E-state index contributed by atoms with van der Waals surface area (Å²) in [6, 6.07) is 13.0. The highest BCUT2D eigenvalue weighted by Gasteiger charge is 2.43. The number of rotatable bonds is 2. The van der Waals surface area contributed by atoms with E-state index < -0.39 is 11.5 Å². The lowest BCUT2D eigenvalue weighted by Gasteiger charge is -2.37. The molecule has 0 saturated carbocycles. The van der Waals surface area contributed by atoms with E-state index >= 15 is 0 Å². The summed E-state index contributed by atoms with van der Waals surface area (Å²) < 4.78 is 13.9. The Hall–Kier alpha value is -2.73. The van der Waals surface area contributed by atoms with Gasteiger partial charge in [-0.25, -0.2) is 4.39 Å². The minimum atomic E-state index is -0.721. The van der Waals surface area contributed by atoms with Gasteiger partial charge in [-0.3, -0.25) is 14.6 Å². The predicted octanol–water partition coefficient (Wildman–Crippen LogP) is 3.03. The summed E-state index contributed by atoms with van der Waals surface area (Å²) in [5, 5.41) is 3.49. The van der Waals surface area contributed by atoms with Crippen LogP contribution in [0, 0.1) is 5.82 Å². The molecule has 2 aliphatic heterocycles. The van der Waals surface area contributed by atoms with Gasteiger partial charge in [-0.05, 0) is 24.3 Å². The van der Waals surface area contributed by atoms with E-state index in [-0.39, 0.29) is 17.4 Å². The number of nitrogens with zero attached hydrogens (tertiary/aromatic N) is 2. The van der Waals surface area contributed by atoms with Gasteiger partial charge in [-0.1, -0.05) is 35.9 Å². The monoisotopic (exact) mass is 385 g/mol. The van der Waals surface area contributed by atoms with Crippen LogP contribution >= 0.6 is 11.6 Å². The van der Waals surface area contributed by atoms with Crippen molar-refractivity contribution in [3.63, 3.8) is 0 Å². The summed E-state index contributed by atoms with van der Waals surface area (Å²) in [5.41, 5.74) is 0.362. The van der Waals surface area contributed by atoms with Crippen LogP contribution in [0.3, 0.4) is 0 Å². The van der Waals surface area contributed by atoms with Crippen LogP contribution in [0.25, 0.3) is 0 Å². The largest absolute Gasteiger partial charge is 0.338 e. The van der Waals surface area contributed by atoms with E-state index in [1.165, 1.54) is 12.1 Å². The SMILES string of the molecule is O=C1NC2(CCN(C(=O)c3ccccc3F)CC2)N=C1c1cccc(Cl)c1. The molecule has 0 aromatic heterocycles. The van der Waals surface area contributed by atoms with Crippen LogP contribution < -0.4 is 5.32 Å². The van der Waals surface area contributed by atoms with Crippen LogP contribution in [0.15, 0.2) is 53.5 Å². The number of aliphatic imine (C=N–C) groups is 1. The van der Waals surface area contributed by atoms with Crippen molar-refractivity contribution in [2.24, 2.45) is 4.99 Å². The molecule has 4 rings (SSSR count). The molecular formula is C20H17ClFN3O2. The smallest absolute Gasteiger partial charge is 0.272 e. The molecule has 138 valence electrons. The molecule has 2 aromatic carbocycles. The average Bonchev–Trinajstić information content (AvgIpc) is 2.98. The van der Waals surface area contributed by atoms with Crippen LogP contribution in [0.2, 0.25) is 5.02 Å². The van der Waals surface area contributed by atoms with Gasteiger partial charge in [-0.15, -0.1) is 0 Å². The quantitative estimate of drug-likeness (QED) is 0.863. The fourth-order valence-corrected chi connectivity index (χ4v) is 3.71. The zero-order valence-electron chi connectivity index (χ0n) is 14.4. The molecule has 2 amide bonds. The van der Waals surface area contributed by atoms with Gasteiger partial charge in [0.25, 0.3) is 11.8 Å². The number of hydrogen-bond donors (Lipinski definition) is 1. The molecule has 7 heteroatoms. The Labute approximate surface area is 160 Å². The first-order valence-corrected chi connectivity index (χ1v) is 9.07. The maximum atomic E-state index is 13.9. The highest BCUT2D eigenvalue weighted by molar-refractivity contribution is 6.47. The number of carbonyl (C=O) groups excluding carboxylic acids is 2. The van der Waals surface area contributed by atoms with Crippen molar-refractivity contribution >= 4 is 29.1 Å². The molecule has 2 aromatic rings. The van der Waals surface area contributed by atoms with E-state index in [1.54, 1.807) is 41.3 Å². The number of nitrogens with one attached hydrogen (secondary N) is 1. The average molecular weight is 386 g/mol. The Morgan fingerprint density at radius 2 is 1.89 bits per heavy atom. The van der Waals surface area contributed by atoms with E-state index in [9.17, 15) is 14.0 Å². The van der Waals surface area contributed by atoms with E-state index in [4.69, 9.17) is 11.6 Å². The van der Waals surface area contributed by atoms with Gasteiger partial charge < -0.3 is 10.2 Å². The Balaban J connectivity index is 1.51. The molecule has 0 radical (unpaired) electrons. The summed E-state index contributed by atoms with van der Waals surface area (Å²) in [7, 11) is 0. The van der Waals surface area contributed by atoms with Crippen molar-refractivity contribution in [2.75, 3.05) is 13.1 Å². The van der Waals surface area contributed by atoms with Crippen molar-refractivity contribution in [1.82, 2.24) is 10.2 Å². The van der Waals surface area contributed by atoms with E-state index in [2.05, 4.69) is 10.3 Å². The summed E-state index contributed by atoms with van der Waals surface area (Å²) >= 11 is 6.01. The number of benzene rings is 2. The number of carbonyl (C=O) groups is 2. The molecule has 0 atom stereocenters. The standard InChI is InChI=1S/C20H17ClFN3O2/c21-14-5-3-4-13(12-14)17-18(26)24-20(23-17)8-10-25(11-9-20)19(27)15-6-1-2-7-16(15)22/h1-7,12H,8-11H2,(H,24,26). The molecule has 0 unspecified atom stereocenters. The van der Waals surface area contributed by atoms with Crippen LogP contribution in [-0.4, -0.2) is 41.2 Å². The number of likely N-dealkylation sites (tertiary alicyclic amines) is 1. The summed E-state index contributed by atoms with van der Waals surface area (Å²) in [6.07, 6.45) is 0.950. The lowest BCUT2D eigenvalue weighted by molar-refractivity contribution is -0.115. The van der Waals surface area contributed by atoms with Gasteiger partial charge >= 0.3 is 0 Å². The van der Waals surface area contributed by atoms with Gasteiger partial charge in [0.05, 0.1) is 5.56 Å². The molecule has 1 fully saturated rings. The van der Waals surface area contributed by atoms with Crippen molar-refractivity contribution in [2.45, 2.75) is 18.5 Å². The van der Waals surface area contributed by atoms with Crippen LogP contribution in [0.5, 0.6) is 0 Å². The van der Waals surface area contributed by atoms with E-state index in [0.29, 0.717) is 42.2 Å². The van der Waals surface area contributed by atoms with Gasteiger partial charge in [0.1, 0.15) is 17.2 Å². The first-order valence-electron chi connectivity index (χ1n) is 8.70. The molecular weight excluding hydrogens is 369 g/mol. The molecule has 1 spiro atoms. The highest BCUT2D eigenvalue weighted by Crippen LogP contribution is 2.30. The zero-order valence-corrected chi connectivity index (χ0v) is 15.2. The minimum Gasteiger partial charge on any atom is -0.338 e. The molecule has 2 aliphatic rings. The minimum absolute atomic E-state index is 0.0621. The number of halogens is 2. The number of hydrogen-bond acceptors (Lipinski definition) is 3. The van der Waals surface area contributed by atoms with Crippen LogP contribution in [0.4, 0.5) is 4.39 Å². The topological polar surface area (TPSA) is 61.8 Å². The van der Waals surface area contributed by atoms with Gasteiger partial charge in [0, 0.05) is 36.5 Å². The highest BCUT2D eigenvalue weighted by atomic mass is 35.5. The molecule has 0 bridgehead atoms. The van der Waals surface area contributed by atoms with Crippen LogP contribution in [0.1, 0.15) is 28.8 Å². The fraction of sp³-hybridized carbons (Fsp3) is 0.250. The van der Waals surface area contributed by atoms with Crippen molar-refractivity contribution in [3.05, 3.63) is 70.5 Å². The van der Waals surface area contributed by atoms with Gasteiger partial charge in [0.2, 0.25) is 0 Å². The molecule has 1 saturated heterocycles. The second kappa shape index (κ2) is 6.78. The predicted molar refractivity (Wildman–Crippen MR) is 100 cm³/mol. The lowest BCUT2D eigenvalue weighted by Crippen LogP contribution is -2.52. The number of amides is 2. The Kier molecular flexibility index (Phi) is 4.44. The van der Waals surface area contributed by atoms with Crippen LogP contribution in [-0.2, 0) is 4.79 Å². The summed E-state index contributed by atoms with van der Waals surface area (Å²) in [6.45, 7) is 0.777. The maximum absolute atomic E-state index is 13.9. The third-order valence-electron chi connectivity index (χ3n) is 4.97. The second-order valence-corrected chi connectivity index (χ2v) is 7.16. The Bertz CT molecular complexity index is 952. The summed E-state index contributed by atoms with van der Waals surface area (Å²) in [5.74, 6) is -1.12. The third kappa shape index (κ3) is 3.32. The first kappa shape index (κ1) is 17.7. The zero-order chi connectivity index (χ0) is 19.0. The maximum Gasteiger partial charge on any atom is 0.272 e. The van der Waals surface area contributed by atoms with Crippen molar-refractivity contribution in [1.29, 1.82) is 0 Å². The molecule has 27 heavy (non-hydrogen) atoms. The third-order valence-corrected chi connectivity index (χ3v) is 5.20. The normalized spacial score (nSPS) is 18.4. The van der Waals surface area contributed by atoms with E-state index in [0.717, 1.165) is 0 Å².